The Bertz CT molecular complexity index is 1660. The number of carbonyl (C=O) groups excluding carboxylic acids is 1. The first-order valence-corrected chi connectivity index (χ1v) is 14.6. The quantitative estimate of drug-likeness (QED) is 0.206. The highest BCUT2D eigenvalue weighted by atomic mass is 127. The Kier molecular flexibility index (Phi) is 7.72. The number of amidine groups is 2. The molecule has 10 nitrogen and oxygen atoms in total. The summed E-state index contributed by atoms with van der Waals surface area (Å²) in [5.41, 5.74) is 0.493. The van der Waals surface area contributed by atoms with Gasteiger partial charge in [-0.25, -0.2) is 0 Å². The molecule has 0 saturated heterocycles. The van der Waals surface area contributed by atoms with Crippen molar-refractivity contribution in [2.45, 2.75) is 4.90 Å². The van der Waals surface area contributed by atoms with Crippen LogP contribution in [-0.4, -0.2) is 49.1 Å². The number of hydrogen-bond donors (Lipinski definition) is 1. The van der Waals surface area contributed by atoms with Gasteiger partial charge < -0.3 is 13.7 Å². The Hall–Kier alpha value is -3.69. The third-order valence-electron chi connectivity index (χ3n) is 5.39. The molecule has 0 fully saturated rings. The maximum atomic E-state index is 12.8. The van der Waals surface area contributed by atoms with Gasteiger partial charge in [0.1, 0.15) is 22.3 Å². The van der Waals surface area contributed by atoms with Crippen LogP contribution in [0.15, 0.2) is 93.4 Å². The van der Waals surface area contributed by atoms with Gasteiger partial charge >= 0.3 is 10.1 Å². The first-order valence-electron chi connectivity index (χ1n) is 11.3. The predicted molar refractivity (Wildman–Crippen MR) is 157 cm³/mol. The second-order valence-electron chi connectivity index (χ2n) is 8.00. The zero-order valence-corrected chi connectivity index (χ0v) is 24.0. The van der Waals surface area contributed by atoms with Gasteiger partial charge in [-0.2, -0.15) is 23.5 Å². The summed E-state index contributed by atoms with van der Waals surface area (Å²) in [6, 6.07) is 20.1. The molecule has 0 aromatic heterocycles. The number of methoxy groups -OCH3 is 1. The highest BCUT2D eigenvalue weighted by Gasteiger charge is 2.36. The number of nitrogens with one attached hydrogen (secondary N) is 1. The van der Waals surface area contributed by atoms with Crippen LogP contribution in [0, 0.1) is 8.98 Å². The number of hydrazone groups is 1. The third kappa shape index (κ3) is 5.84. The van der Waals surface area contributed by atoms with Gasteiger partial charge in [-0.05, 0) is 82.4 Å². The summed E-state index contributed by atoms with van der Waals surface area (Å²) in [4.78, 5) is 16.9. The topological polar surface area (TPSA) is 131 Å². The number of ether oxygens (including phenoxy) is 2. The maximum Gasteiger partial charge on any atom is 0.339 e. The minimum absolute atomic E-state index is 0.00143. The van der Waals surface area contributed by atoms with Crippen molar-refractivity contribution in [2.24, 2.45) is 10.1 Å². The number of fused-ring (bicyclic) bond motifs is 1. The third-order valence-corrected chi connectivity index (χ3v) is 8.31. The number of rotatable bonds is 8. The van der Waals surface area contributed by atoms with E-state index < -0.39 is 16.0 Å². The molecule has 0 unspecified atom stereocenters. The standard InChI is InChI=1S/C26H19IN4O6S2/c1-35-21-14-16(13-20(27)23(21)37-39(33,34)18-10-6-3-7-11-18)12-19-24(28)31-26(29-25(19)32)38-22(30-31)15-36-17-8-4-2-5-9-17/h2-14,28H,15H2,1H3/b19-12-,28-24?. The summed E-state index contributed by atoms with van der Waals surface area (Å²) in [5.74, 6) is 0.0839. The fourth-order valence-corrected chi connectivity index (χ4v) is 6.23. The molecule has 39 heavy (non-hydrogen) atoms. The van der Waals surface area contributed by atoms with Crippen molar-refractivity contribution in [1.29, 1.82) is 5.41 Å². The molecule has 3 aromatic carbocycles. The van der Waals surface area contributed by atoms with E-state index in [0.29, 0.717) is 19.9 Å². The van der Waals surface area contributed by atoms with Crippen molar-refractivity contribution in [3.8, 4) is 17.2 Å². The molecule has 0 radical (unpaired) electrons. The average molecular weight is 674 g/mol. The molecule has 0 aliphatic carbocycles. The van der Waals surface area contributed by atoms with Gasteiger partial charge in [-0.1, -0.05) is 36.4 Å². The fraction of sp³-hybridized carbons (Fsp3) is 0.0769. The van der Waals surface area contributed by atoms with Gasteiger partial charge in [-0.15, -0.1) is 0 Å². The molecule has 0 spiro atoms. The monoisotopic (exact) mass is 674 g/mol. The summed E-state index contributed by atoms with van der Waals surface area (Å²) in [6.45, 7) is 0.160. The number of carbonyl (C=O) groups is 1. The van der Waals surface area contributed by atoms with Gasteiger partial charge in [0, 0.05) is 0 Å². The zero-order valence-electron chi connectivity index (χ0n) is 20.2. The van der Waals surface area contributed by atoms with Gasteiger partial charge in [0.2, 0.25) is 5.17 Å². The van der Waals surface area contributed by atoms with E-state index in [9.17, 15) is 13.2 Å². The van der Waals surface area contributed by atoms with Crippen LogP contribution in [0.3, 0.4) is 0 Å². The Labute approximate surface area is 242 Å². The molecule has 3 aromatic rings. The molecule has 0 atom stereocenters. The molecule has 5 rings (SSSR count). The van der Waals surface area contributed by atoms with Crippen LogP contribution in [0.1, 0.15) is 5.56 Å². The Morgan fingerprint density at radius 3 is 2.46 bits per heavy atom. The Morgan fingerprint density at radius 2 is 1.77 bits per heavy atom. The smallest absolute Gasteiger partial charge is 0.339 e. The molecule has 13 heteroatoms. The van der Waals surface area contributed by atoms with Gasteiger partial charge in [-0.3, -0.25) is 10.2 Å². The Balaban J connectivity index is 1.39. The van der Waals surface area contributed by atoms with Crippen LogP contribution in [0.2, 0.25) is 0 Å². The number of para-hydroxylation sites is 1. The van der Waals surface area contributed by atoms with Crippen LogP contribution >= 0.6 is 34.4 Å². The van der Waals surface area contributed by atoms with E-state index in [-0.39, 0.29) is 39.6 Å². The van der Waals surface area contributed by atoms with Gasteiger partial charge in [0.25, 0.3) is 5.91 Å². The number of nitrogens with zero attached hydrogens (tertiary/aromatic N) is 3. The lowest BCUT2D eigenvalue weighted by molar-refractivity contribution is -0.114. The molecule has 1 N–H and O–H groups in total. The molecule has 198 valence electrons. The van der Waals surface area contributed by atoms with Crippen molar-refractivity contribution in [3.05, 3.63) is 87.5 Å². The maximum absolute atomic E-state index is 12.8. The first kappa shape index (κ1) is 26.9. The summed E-state index contributed by atoms with van der Waals surface area (Å²) < 4.78 is 42.5. The van der Waals surface area contributed by atoms with E-state index in [2.05, 4.69) is 10.1 Å². The van der Waals surface area contributed by atoms with Gasteiger partial charge in [0.15, 0.2) is 17.3 Å². The van der Waals surface area contributed by atoms with E-state index in [1.807, 2.05) is 52.9 Å². The molecule has 1 amide bonds. The van der Waals surface area contributed by atoms with Crippen LogP contribution in [0.5, 0.6) is 17.2 Å². The summed E-state index contributed by atoms with van der Waals surface area (Å²) in [7, 11) is -2.73. The van der Waals surface area contributed by atoms with Gasteiger partial charge in [0.05, 0.1) is 16.3 Å². The number of halogens is 1. The highest BCUT2D eigenvalue weighted by Crippen LogP contribution is 2.37. The predicted octanol–water partition coefficient (Wildman–Crippen LogP) is 4.77. The fourth-order valence-electron chi connectivity index (χ4n) is 3.57. The number of aliphatic imine (C=N–C) groups is 1. The van der Waals surface area contributed by atoms with Crippen molar-refractivity contribution >= 4 is 72.5 Å². The largest absolute Gasteiger partial charge is 0.493 e. The highest BCUT2D eigenvalue weighted by molar-refractivity contribution is 14.1. The van der Waals surface area contributed by atoms with E-state index in [4.69, 9.17) is 19.1 Å². The summed E-state index contributed by atoms with van der Waals surface area (Å²) in [5, 5.41) is 15.1. The second kappa shape index (κ2) is 11.2. The van der Waals surface area contributed by atoms with Crippen LogP contribution < -0.4 is 13.7 Å². The number of thioether (sulfide) groups is 1. The zero-order chi connectivity index (χ0) is 27.6. The number of hydrogen-bond acceptors (Lipinski definition) is 9. The number of benzene rings is 3. The van der Waals surface area contributed by atoms with E-state index >= 15 is 0 Å². The average Bonchev–Trinajstić information content (AvgIpc) is 3.35. The molecule has 0 bridgehead atoms. The summed E-state index contributed by atoms with van der Waals surface area (Å²) in [6.07, 6.45) is 1.48. The normalized spacial score (nSPS) is 16.1. The second-order valence-corrected chi connectivity index (χ2v) is 11.7. The lowest BCUT2D eigenvalue weighted by Gasteiger charge is -2.20. The first-order chi connectivity index (χ1) is 18.7. The minimum Gasteiger partial charge on any atom is -0.493 e. The lowest BCUT2D eigenvalue weighted by atomic mass is 10.1. The number of amides is 1. The molecule has 2 aliphatic rings. The Morgan fingerprint density at radius 1 is 1.08 bits per heavy atom. The van der Waals surface area contributed by atoms with Crippen LogP contribution in [0.25, 0.3) is 6.08 Å². The van der Waals surface area contributed by atoms with E-state index in [0.717, 1.165) is 11.8 Å². The molecule has 2 heterocycles. The van der Waals surface area contributed by atoms with Crippen LogP contribution in [0.4, 0.5) is 0 Å². The molecule has 2 aliphatic heterocycles. The van der Waals surface area contributed by atoms with Crippen LogP contribution in [-0.2, 0) is 14.9 Å². The van der Waals surface area contributed by atoms with E-state index in [1.54, 1.807) is 24.3 Å². The molecule has 0 saturated carbocycles. The van der Waals surface area contributed by atoms with Crippen molar-refractivity contribution in [3.63, 3.8) is 0 Å². The minimum atomic E-state index is -4.10. The van der Waals surface area contributed by atoms with Crippen molar-refractivity contribution in [1.82, 2.24) is 5.01 Å². The molecular weight excluding hydrogens is 655 g/mol. The van der Waals surface area contributed by atoms with Crippen molar-refractivity contribution in [2.75, 3.05) is 13.7 Å². The summed E-state index contributed by atoms with van der Waals surface area (Å²) >= 11 is 3.09. The SMILES string of the molecule is COc1cc(/C=C2/C(=N)N3N=C(COc4ccccc4)SC3=NC2=O)cc(I)c1OS(=O)(=O)c1ccccc1. The van der Waals surface area contributed by atoms with Crippen molar-refractivity contribution < 1.29 is 26.9 Å². The lowest BCUT2D eigenvalue weighted by Crippen LogP contribution is -2.35. The van der Waals surface area contributed by atoms with E-state index in [1.165, 1.54) is 36.4 Å². The molecular formula is C26H19IN4O6S2.